The highest BCUT2D eigenvalue weighted by Gasteiger charge is 2.10. The Labute approximate surface area is 98.5 Å². The summed E-state index contributed by atoms with van der Waals surface area (Å²) < 4.78 is 1.25. The third kappa shape index (κ3) is 2.76. The predicted molar refractivity (Wildman–Crippen MR) is 57.1 cm³/mol. The summed E-state index contributed by atoms with van der Waals surface area (Å²) in [5.74, 6) is -0.333. The Morgan fingerprint density at radius 2 is 2.50 bits per heavy atom. The van der Waals surface area contributed by atoms with Crippen molar-refractivity contribution in [2.75, 3.05) is 0 Å². The number of tetrazole rings is 1. The molecule has 0 saturated carbocycles. The van der Waals surface area contributed by atoms with Gasteiger partial charge in [0.15, 0.2) is 0 Å². The average Bonchev–Trinajstić information content (AvgIpc) is 2.84. The van der Waals surface area contributed by atoms with Gasteiger partial charge in [0.2, 0.25) is 5.16 Å². The van der Waals surface area contributed by atoms with Gasteiger partial charge in [-0.3, -0.25) is 4.79 Å². The molecule has 0 unspecified atom stereocenters. The van der Waals surface area contributed by atoms with E-state index in [9.17, 15) is 4.79 Å². The zero-order valence-electron chi connectivity index (χ0n) is 7.98. The number of aliphatic carboxylic acids is 1. The number of carboxylic acid groups (broad SMARTS) is 1. The van der Waals surface area contributed by atoms with E-state index in [-0.39, 0.29) is 6.54 Å². The molecule has 7 nitrogen and oxygen atoms in total. The fraction of sp³-hybridized carbons (Fsp3) is 0.286. The third-order valence-electron chi connectivity index (χ3n) is 1.59. The van der Waals surface area contributed by atoms with Crippen molar-refractivity contribution in [2.24, 2.45) is 0 Å². The average molecular weight is 257 g/mol. The quantitative estimate of drug-likeness (QED) is 0.780. The second-order valence-electron chi connectivity index (χ2n) is 2.73. The number of hydrogen-bond acceptors (Lipinski definition) is 7. The fourth-order valence-corrected chi connectivity index (χ4v) is 2.50. The molecule has 16 heavy (non-hydrogen) atoms. The molecule has 0 aliphatic rings. The Bertz CT molecular complexity index is 469. The molecule has 84 valence electrons. The molecule has 2 heterocycles. The molecule has 0 aliphatic heterocycles. The molecule has 0 fully saturated rings. The van der Waals surface area contributed by atoms with Crippen molar-refractivity contribution >= 4 is 29.1 Å². The number of thioether (sulfide) groups is 1. The van der Waals surface area contributed by atoms with Crippen molar-refractivity contribution in [3.8, 4) is 0 Å². The monoisotopic (exact) mass is 257 g/mol. The number of rotatable bonds is 5. The summed E-state index contributed by atoms with van der Waals surface area (Å²) in [7, 11) is 0. The van der Waals surface area contributed by atoms with Crippen LogP contribution in [0.15, 0.2) is 16.7 Å². The Kier molecular flexibility index (Phi) is 3.47. The first-order chi connectivity index (χ1) is 7.75. The normalized spacial score (nSPS) is 10.5. The van der Waals surface area contributed by atoms with Gasteiger partial charge in [-0.15, -0.1) is 16.4 Å². The summed E-state index contributed by atoms with van der Waals surface area (Å²) in [6.07, 6.45) is 1.72. The van der Waals surface area contributed by atoms with E-state index in [2.05, 4.69) is 20.5 Å². The predicted octanol–water partition coefficient (Wildman–Crippen LogP) is 0.506. The second kappa shape index (κ2) is 5.03. The van der Waals surface area contributed by atoms with Crippen LogP contribution in [-0.2, 0) is 17.1 Å². The first kappa shape index (κ1) is 11.0. The summed E-state index contributed by atoms with van der Waals surface area (Å²) in [4.78, 5) is 14.6. The molecule has 0 radical (unpaired) electrons. The van der Waals surface area contributed by atoms with Gasteiger partial charge in [-0.25, -0.2) is 9.67 Å². The molecule has 0 spiro atoms. The number of hydrogen-bond donors (Lipinski definition) is 1. The number of carboxylic acids is 1. The highest BCUT2D eigenvalue weighted by Crippen LogP contribution is 2.20. The molecule has 0 aromatic carbocycles. The van der Waals surface area contributed by atoms with E-state index in [0.29, 0.717) is 10.9 Å². The molecular weight excluding hydrogens is 250 g/mol. The molecule has 0 saturated heterocycles. The zero-order valence-corrected chi connectivity index (χ0v) is 9.61. The lowest BCUT2D eigenvalue weighted by Gasteiger charge is -1.99. The lowest BCUT2D eigenvalue weighted by molar-refractivity contribution is -0.138. The molecule has 2 aromatic rings. The first-order valence-electron chi connectivity index (χ1n) is 4.25. The van der Waals surface area contributed by atoms with Crippen molar-refractivity contribution in [1.29, 1.82) is 0 Å². The minimum Gasteiger partial charge on any atom is -0.480 e. The molecule has 1 N–H and O–H groups in total. The zero-order chi connectivity index (χ0) is 11.4. The van der Waals surface area contributed by atoms with Crippen LogP contribution >= 0.6 is 23.1 Å². The Balaban J connectivity index is 1.99. The molecular formula is C7H7N5O2S2. The Morgan fingerprint density at radius 3 is 3.19 bits per heavy atom. The van der Waals surface area contributed by atoms with E-state index in [1.54, 1.807) is 6.20 Å². The van der Waals surface area contributed by atoms with E-state index in [1.165, 1.54) is 27.8 Å². The van der Waals surface area contributed by atoms with Crippen LogP contribution < -0.4 is 0 Å². The van der Waals surface area contributed by atoms with Gasteiger partial charge in [0.05, 0.1) is 5.75 Å². The van der Waals surface area contributed by atoms with Crippen molar-refractivity contribution in [3.63, 3.8) is 0 Å². The van der Waals surface area contributed by atoms with Crippen molar-refractivity contribution in [1.82, 2.24) is 25.2 Å². The maximum atomic E-state index is 10.5. The van der Waals surface area contributed by atoms with Gasteiger partial charge in [0.1, 0.15) is 11.6 Å². The summed E-state index contributed by atoms with van der Waals surface area (Å²) in [6, 6.07) is 0. The van der Waals surface area contributed by atoms with Crippen LogP contribution in [0.3, 0.4) is 0 Å². The highest BCUT2D eigenvalue weighted by molar-refractivity contribution is 7.98. The molecule has 2 rings (SSSR count). The van der Waals surface area contributed by atoms with E-state index < -0.39 is 5.97 Å². The van der Waals surface area contributed by atoms with Gasteiger partial charge < -0.3 is 5.11 Å². The lowest BCUT2D eigenvalue weighted by atomic mass is 10.7. The molecule has 0 atom stereocenters. The number of carbonyl (C=O) groups is 1. The van der Waals surface area contributed by atoms with Crippen LogP contribution in [0.5, 0.6) is 0 Å². The van der Waals surface area contributed by atoms with Crippen molar-refractivity contribution in [3.05, 3.63) is 16.6 Å². The van der Waals surface area contributed by atoms with Gasteiger partial charge in [0.25, 0.3) is 0 Å². The molecule has 0 bridgehead atoms. The number of thiazole rings is 1. The van der Waals surface area contributed by atoms with Gasteiger partial charge in [-0.2, -0.15) is 0 Å². The van der Waals surface area contributed by atoms with Gasteiger partial charge in [-0.1, -0.05) is 11.8 Å². The van der Waals surface area contributed by atoms with Crippen LogP contribution in [0.2, 0.25) is 0 Å². The third-order valence-corrected chi connectivity index (χ3v) is 3.52. The SMILES string of the molecule is O=C(O)Cn1nnnc1SCc1nccs1. The van der Waals surface area contributed by atoms with E-state index in [0.717, 1.165) is 5.01 Å². The Morgan fingerprint density at radius 1 is 1.62 bits per heavy atom. The lowest BCUT2D eigenvalue weighted by Crippen LogP contribution is -2.11. The topological polar surface area (TPSA) is 93.8 Å². The number of aromatic nitrogens is 5. The van der Waals surface area contributed by atoms with Crippen LogP contribution in [0.25, 0.3) is 0 Å². The maximum absolute atomic E-state index is 10.5. The summed E-state index contributed by atoms with van der Waals surface area (Å²) in [6.45, 7) is -0.229. The fourth-order valence-electron chi connectivity index (χ4n) is 0.978. The molecule has 9 heteroatoms. The largest absolute Gasteiger partial charge is 0.480 e. The van der Waals surface area contributed by atoms with Crippen LogP contribution in [0.4, 0.5) is 0 Å². The standard InChI is InChI=1S/C7H7N5O2S2/c13-6(14)3-12-7(9-10-11-12)16-4-5-8-1-2-15-5/h1-2H,3-4H2,(H,13,14). The first-order valence-corrected chi connectivity index (χ1v) is 6.11. The van der Waals surface area contributed by atoms with Crippen molar-refractivity contribution in [2.45, 2.75) is 17.5 Å². The minimum atomic E-state index is -0.969. The summed E-state index contributed by atoms with van der Waals surface area (Å²) >= 11 is 2.90. The maximum Gasteiger partial charge on any atom is 0.325 e. The van der Waals surface area contributed by atoms with Gasteiger partial charge in [0, 0.05) is 11.6 Å². The smallest absolute Gasteiger partial charge is 0.325 e. The summed E-state index contributed by atoms with van der Waals surface area (Å²) in [5, 5.41) is 22.7. The van der Waals surface area contributed by atoms with Gasteiger partial charge in [-0.05, 0) is 10.4 Å². The second-order valence-corrected chi connectivity index (χ2v) is 4.65. The van der Waals surface area contributed by atoms with Gasteiger partial charge >= 0.3 is 5.97 Å². The van der Waals surface area contributed by atoms with Crippen molar-refractivity contribution < 1.29 is 9.90 Å². The van der Waals surface area contributed by atoms with Crippen LogP contribution in [0, 0.1) is 0 Å². The molecule has 0 amide bonds. The van der Waals surface area contributed by atoms with E-state index >= 15 is 0 Å². The molecule has 0 aliphatic carbocycles. The summed E-state index contributed by atoms with van der Waals surface area (Å²) in [5.41, 5.74) is 0. The Hall–Kier alpha value is -1.48. The number of nitrogens with zero attached hydrogens (tertiary/aromatic N) is 5. The minimum absolute atomic E-state index is 0.229. The van der Waals surface area contributed by atoms with E-state index in [1.807, 2.05) is 5.38 Å². The van der Waals surface area contributed by atoms with Crippen LogP contribution in [0.1, 0.15) is 5.01 Å². The molecule has 2 aromatic heterocycles. The van der Waals surface area contributed by atoms with Crippen LogP contribution in [-0.4, -0.2) is 36.3 Å². The highest BCUT2D eigenvalue weighted by atomic mass is 32.2. The van der Waals surface area contributed by atoms with E-state index in [4.69, 9.17) is 5.11 Å².